The van der Waals surface area contributed by atoms with E-state index in [1.54, 1.807) is 36.4 Å². The molecule has 0 fully saturated rings. The molecule has 8 nitrogen and oxygen atoms in total. The third-order valence-corrected chi connectivity index (χ3v) is 6.37. The number of thioether (sulfide) groups is 1. The van der Waals surface area contributed by atoms with Crippen LogP contribution >= 0.6 is 46.3 Å². The molecule has 162 valence electrons. The first-order valence-corrected chi connectivity index (χ1v) is 11.3. The molecule has 0 aliphatic rings. The lowest BCUT2D eigenvalue weighted by molar-refractivity contribution is -0.118. The minimum Gasteiger partial charge on any atom is -0.493 e. The Morgan fingerprint density at radius 3 is 2.71 bits per heavy atom. The molecule has 0 saturated carbocycles. The first-order chi connectivity index (χ1) is 15.0. The monoisotopic (exact) mass is 497 g/mol. The molecule has 0 saturated heterocycles. The van der Waals surface area contributed by atoms with Crippen molar-refractivity contribution in [2.24, 2.45) is 5.10 Å². The summed E-state index contributed by atoms with van der Waals surface area (Å²) in [5.41, 5.74) is 9.36. The predicted octanol–water partition coefficient (Wildman–Crippen LogP) is 4.26. The minimum atomic E-state index is -0.279. The summed E-state index contributed by atoms with van der Waals surface area (Å²) < 4.78 is 11.8. The molecule has 3 N–H and O–H groups in total. The van der Waals surface area contributed by atoms with Crippen LogP contribution in [0.4, 0.5) is 5.13 Å². The maximum atomic E-state index is 11.9. The number of hydrogen-bond donors (Lipinski definition) is 2. The summed E-state index contributed by atoms with van der Waals surface area (Å²) in [4.78, 5) is 11.9. The summed E-state index contributed by atoms with van der Waals surface area (Å²) in [6.45, 7) is 0.191. The fourth-order valence-electron chi connectivity index (χ4n) is 2.32. The normalized spacial score (nSPS) is 10.9. The van der Waals surface area contributed by atoms with Crippen molar-refractivity contribution >= 4 is 63.6 Å². The molecule has 0 unspecified atom stereocenters. The number of hydrazone groups is 1. The summed E-state index contributed by atoms with van der Waals surface area (Å²) in [5, 5.41) is 12.9. The van der Waals surface area contributed by atoms with Crippen LogP contribution in [0.5, 0.6) is 11.5 Å². The lowest BCUT2D eigenvalue weighted by Crippen LogP contribution is -2.19. The molecule has 0 aliphatic heterocycles. The maximum absolute atomic E-state index is 11.9. The maximum Gasteiger partial charge on any atom is 0.250 e. The molecule has 12 heteroatoms. The quantitative estimate of drug-likeness (QED) is 0.258. The van der Waals surface area contributed by atoms with Crippen molar-refractivity contribution < 1.29 is 14.3 Å². The summed E-state index contributed by atoms with van der Waals surface area (Å²) in [5.74, 6) is 0.890. The number of rotatable bonds is 9. The van der Waals surface area contributed by atoms with Crippen LogP contribution < -0.4 is 20.6 Å². The number of amides is 1. The number of anilines is 1. The van der Waals surface area contributed by atoms with Gasteiger partial charge in [0.05, 0.1) is 19.1 Å². The SMILES string of the molecule is COc1cc(C=NNC(=O)CSc2nnc(N)s2)ccc1OCc1c(Cl)cccc1Cl. The standard InChI is InChI=1S/C19H17Cl2N5O3S2/c1-28-16-7-11(8-23-24-17(27)10-30-19-26-25-18(22)31-19)5-6-15(16)29-9-12-13(20)3-2-4-14(12)21/h2-8H,9-10H2,1H3,(H2,22,25)(H,24,27). The summed E-state index contributed by atoms with van der Waals surface area (Å²) in [6.07, 6.45) is 1.50. The van der Waals surface area contributed by atoms with Crippen molar-refractivity contribution in [3.05, 3.63) is 57.6 Å². The van der Waals surface area contributed by atoms with Crippen molar-refractivity contribution in [1.29, 1.82) is 0 Å². The number of hydrogen-bond acceptors (Lipinski definition) is 9. The van der Waals surface area contributed by atoms with Gasteiger partial charge in [-0.3, -0.25) is 4.79 Å². The van der Waals surface area contributed by atoms with Gasteiger partial charge < -0.3 is 15.2 Å². The average Bonchev–Trinajstić information content (AvgIpc) is 3.17. The van der Waals surface area contributed by atoms with Crippen LogP contribution in [0.3, 0.4) is 0 Å². The van der Waals surface area contributed by atoms with E-state index < -0.39 is 0 Å². The molecule has 0 bridgehead atoms. The Kier molecular flexibility index (Phi) is 8.35. The number of halogens is 2. The highest BCUT2D eigenvalue weighted by Crippen LogP contribution is 2.31. The molecule has 31 heavy (non-hydrogen) atoms. The van der Waals surface area contributed by atoms with Crippen molar-refractivity contribution in [2.45, 2.75) is 10.9 Å². The summed E-state index contributed by atoms with van der Waals surface area (Å²) in [6, 6.07) is 10.5. The molecule has 3 aromatic rings. The first-order valence-electron chi connectivity index (χ1n) is 8.73. The van der Waals surface area contributed by atoms with Crippen LogP contribution in [0.25, 0.3) is 0 Å². The molecule has 0 radical (unpaired) electrons. The minimum absolute atomic E-state index is 0.146. The van der Waals surface area contributed by atoms with Gasteiger partial charge in [0.2, 0.25) is 5.13 Å². The van der Waals surface area contributed by atoms with E-state index in [4.69, 9.17) is 38.4 Å². The number of ether oxygens (including phenoxy) is 2. The number of aromatic nitrogens is 2. The molecular weight excluding hydrogens is 481 g/mol. The molecule has 1 heterocycles. The van der Waals surface area contributed by atoms with Gasteiger partial charge in [-0.1, -0.05) is 52.4 Å². The fraction of sp³-hybridized carbons (Fsp3) is 0.158. The van der Waals surface area contributed by atoms with Gasteiger partial charge in [-0.05, 0) is 35.9 Å². The van der Waals surface area contributed by atoms with Gasteiger partial charge >= 0.3 is 0 Å². The Hall–Kier alpha value is -2.53. The third-order valence-electron chi connectivity index (χ3n) is 3.77. The number of nitrogens with zero attached hydrogens (tertiary/aromatic N) is 3. The fourth-order valence-corrected chi connectivity index (χ4v) is 4.26. The van der Waals surface area contributed by atoms with Crippen molar-refractivity contribution in [2.75, 3.05) is 18.6 Å². The van der Waals surface area contributed by atoms with E-state index in [9.17, 15) is 4.79 Å². The highest BCUT2D eigenvalue weighted by Gasteiger charge is 2.10. The van der Waals surface area contributed by atoms with Gasteiger partial charge in [-0.15, -0.1) is 10.2 Å². The second-order valence-corrected chi connectivity index (χ2v) is 8.93. The van der Waals surface area contributed by atoms with E-state index in [1.807, 2.05) is 0 Å². The van der Waals surface area contributed by atoms with Gasteiger partial charge in [0.25, 0.3) is 5.91 Å². The van der Waals surface area contributed by atoms with Gasteiger partial charge in [0, 0.05) is 15.6 Å². The van der Waals surface area contributed by atoms with E-state index in [-0.39, 0.29) is 18.3 Å². The smallest absolute Gasteiger partial charge is 0.250 e. The zero-order chi connectivity index (χ0) is 22.2. The molecule has 0 aliphatic carbocycles. The van der Waals surface area contributed by atoms with Crippen LogP contribution in [0.15, 0.2) is 45.8 Å². The molecule has 2 aromatic carbocycles. The van der Waals surface area contributed by atoms with Crippen molar-refractivity contribution in [3.63, 3.8) is 0 Å². The Balaban J connectivity index is 1.55. The van der Waals surface area contributed by atoms with Crippen LogP contribution in [0.1, 0.15) is 11.1 Å². The Labute approximate surface area is 196 Å². The van der Waals surface area contributed by atoms with E-state index in [2.05, 4.69) is 20.7 Å². The number of methoxy groups -OCH3 is 1. The van der Waals surface area contributed by atoms with Crippen LogP contribution in [0, 0.1) is 0 Å². The average molecular weight is 498 g/mol. The van der Waals surface area contributed by atoms with E-state index >= 15 is 0 Å². The summed E-state index contributed by atoms with van der Waals surface area (Å²) in [7, 11) is 1.53. The lowest BCUT2D eigenvalue weighted by atomic mass is 10.2. The predicted molar refractivity (Wildman–Crippen MR) is 125 cm³/mol. The molecule has 1 amide bonds. The topological polar surface area (TPSA) is 112 Å². The molecule has 3 rings (SSSR count). The second kappa shape index (κ2) is 11.2. The number of nitrogens with one attached hydrogen (secondary N) is 1. The van der Waals surface area contributed by atoms with Crippen LogP contribution in [-0.2, 0) is 11.4 Å². The van der Waals surface area contributed by atoms with Crippen molar-refractivity contribution in [3.8, 4) is 11.5 Å². The third kappa shape index (κ3) is 6.73. The van der Waals surface area contributed by atoms with Crippen molar-refractivity contribution in [1.82, 2.24) is 15.6 Å². The molecule has 0 atom stereocenters. The molecule has 1 aromatic heterocycles. The number of nitrogens with two attached hydrogens (primary N) is 1. The lowest BCUT2D eigenvalue weighted by Gasteiger charge is -2.13. The summed E-state index contributed by atoms with van der Waals surface area (Å²) >= 11 is 14.8. The van der Waals surface area contributed by atoms with Crippen LogP contribution in [-0.4, -0.2) is 35.2 Å². The largest absolute Gasteiger partial charge is 0.493 e. The van der Waals surface area contributed by atoms with Gasteiger partial charge in [0.15, 0.2) is 15.8 Å². The van der Waals surface area contributed by atoms with E-state index in [0.29, 0.717) is 42.1 Å². The Bertz CT molecular complexity index is 1070. The number of carbonyl (C=O) groups is 1. The van der Waals surface area contributed by atoms with Gasteiger partial charge in [0.1, 0.15) is 6.61 Å². The van der Waals surface area contributed by atoms with E-state index in [0.717, 1.165) is 0 Å². The Morgan fingerprint density at radius 2 is 2.03 bits per heavy atom. The van der Waals surface area contributed by atoms with E-state index in [1.165, 1.54) is 36.4 Å². The Morgan fingerprint density at radius 1 is 1.26 bits per heavy atom. The highest BCUT2D eigenvalue weighted by molar-refractivity contribution is 8.01. The zero-order valence-electron chi connectivity index (χ0n) is 16.2. The number of nitrogen functional groups attached to an aromatic ring is 1. The number of benzene rings is 2. The molecular formula is C19H17Cl2N5O3S2. The highest BCUT2D eigenvalue weighted by atomic mass is 35.5. The van der Waals surface area contributed by atoms with Crippen LogP contribution in [0.2, 0.25) is 10.0 Å². The van der Waals surface area contributed by atoms with Gasteiger partial charge in [-0.25, -0.2) is 5.43 Å². The zero-order valence-corrected chi connectivity index (χ0v) is 19.3. The molecule has 0 spiro atoms. The number of carbonyl (C=O) groups excluding carboxylic acids is 1. The van der Waals surface area contributed by atoms with Gasteiger partial charge in [-0.2, -0.15) is 5.10 Å². The first kappa shape index (κ1) is 23.1. The second-order valence-electron chi connectivity index (χ2n) is 5.89.